The number of hydrogen-bond donors (Lipinski definition) is 0. The zero-order valence-corrected chi connectivity index (χ0v) is 30.7. The minimum absolute atomic E-state index is 0.262. The standard InChI is InChI=1S/C34H62N2P4/c1-32(2,3)31(35(27-19-11-7-12-20-27)28-21-13-8-14-22-28)37-40-38-34(39(38)40,33(4,5)6)36(29-23-15-9-16-24-29)30-25-17-10-18-26-30/h27-30H,7-26H2,1-6H3. The molecule has 0 radical (unpaired) electrons. The van der Waals surface area contributed by atoms with Crippen LogP contribution in [0.3, 0.4) is 0 Å². The van der Waals surface area contributed by atoms with Gasteiger partial charge in [-0.2, -0.15) is 0 Å². The molecule has 0 amide bonds. The lowest BCUT2D eigenvalue weighted by atomic mass is 9.85. The zero-order valence-electron chi connectivity index (χ0n) is 27.1. The number of rotatable bonds is 7. The van der Waals surface area contributed by atoms with Gasteiger partial charge in [-0.25, -0.2) is 0 Å². The Bertz CT molecular complexity index is 940. The summed E-state index contributed by atoms with van der Waals surface area (Å²) >= 11 is 0. The van der Waals surface area contributed by atoms with Gasteiger partial charge in [-0.15, -0.1) is 0 Å². The molecule has 2 unspecified atom stereocenters. The molecular weight excluding hydrogens is 560 g/mol. The van der Waals surface area contributed by atoms with Gasteiger partial charge in [0, 0.05) is 35.0 Å². The summed E-state index contributed by atoms with van der Waals surface area (Å²) in [6.45, 7) is 16.6. The smallest absolute Gasteiger partial charge is 0.120 e. The lowest BCUT2D eigenvalue weighted by Crippen LogP contribution is -2.54. The van der Waals surface area contributed by atoms with Crippen LogP contribution in [0.25, 0.3) is 0 Å². The van der Waals surface area contributed by atoms with Gasteiger partial charge in [0.1, 0.15) is 5.02 Å². The van der Waals surface area contributed by atoms with Crippen molar-refractivity contribution >= 4 is 33.7 Å². The van der Waals surface area contributed by atoms with E-state index in [1.54, 1.807) is 0 Å². The highest BCUT2D eigenvalue weighted by atomic mass is 32.9. The van der Waals surface area contributed by atoms with Crippen molar-refractivity contribution in [2.24, 2.45) is 10.8 Å². The van der Waals surface area contributed by atoms with Crippen LogP contribution in [0.2, 0.25) is 0 Å². The number of hydrogen-bond acceptors (Lipinski definition) is 1. The molecule has 1 aromatic heterocycles. The lowest BCUT2D eigenvalue weighted by molar-refractivity contribution is -0.00270. The van der Waals surface area contributed by atoms with Crippen LogP contribution in [-0.4, -0.2) is 39.4 Å². The largest absolute Gasteiger partial charge is 0.276 e. The first kappa shape index (κ1) is 31.0. The summed E-state index contributed by atoms with van der Waals surface area (Å²) < 4.78 is 0. The van der Waals surface area contributed by atoms with Gasteiger partial charge in [0.15, 0.2) is 0 Å². The summed E-state index contributed by atoms with van der Waals surface area (Å²) in [6.07, 6.45) is 29.7. The predicted octanol–water partition coefficient (Wildman–Crippen LogP) is 13.0. The van der Waals surface area contributed by atoms with Crippen molar-refractivity contribution < 1.29 is 0 Å². The second-order valence-electron chi connectivity index (χ2n) is 16.4. The summed E-state index contributed by atoms with van der Waals surface area (Å²) in [7, 11) is 1.87. The van der Waals surface area contributed by atoms with E-state index < -0.39 is 0 Å². The molecule has 6 heteroatoms. The Morgan fingerprint density at radius 2 is 0.900 bits per heavy atom. The minimum Gasteiger partial charge on any atom is -0.276 e. The molecule has 5 aliphatic rings. The highest BCUT2D eigenvalue weighted by molar-refractivity contribution is 8.95. The van der Waals surface area contributed by atoms with Gasteiger partial charge in [0.25, 0.3) is 0 Å². The molecule has 2 atom stereocenters. The van der Waals surface area contributed by atoms with Gasteiger partial charge in [0.05, 0.1) is 0 Å². The molecule has 1 aliphatic heterocycles. The van der Waals surface area contributed by atoms with E-state index >= 15 is 0 Å². The van der Waals surface area contributed by atoms with E-state index in [2.05, 4.69) is 51.3 Å². The van der Waals surface area contributed by atoms with Crippen molar-refractivity contribution in [3.05, 3.63) is 0 Å². The average Bonchev–Trinajstić information content (AvgIpc) is 3.85. The first-order valence-corrected chi connectivity index (χ1v) is 25.5. The summed E-state index contributed by atoms with van der Waals surface area (Å²) in [4.78, 5) is 6.54. The maximum atomic E-state index is 3.37. The third-order valence-corrected chi connectivity index (χ3v) is 39.0. The quantitative estimate of drug-likeness (QED) is 0.279. The van der Waals surface area contributed by atoms with E-state index in [0.717, 1.165) is 24.2 Å². The first-order valence-electron chi connectivity index (χ1n) is 17.7. The van der Waals surface area contributed by atoms with Crippen LogP contribution in [0.4, 0.5) is 0 Å². The Labute approximate surface area is 252 Å². The zero-order chi connectivity index (χ0) is 28.1. The Hall–Kier alpha value is 0.990. The monoisotopic (exact) mass is 622 g/mol. The second kappa shape index (κ2) is 12.4. The Morgan fingerprint density at radius 1 is 0.550 bits per heavy atom. The van der Waals surface area contributed by atoms with Crippen molar-refractivity contribution in [1.29, 1.82) is 0 Å². The molecule has 2 heterocycles. The molecule has 40 heavy (non-hydrogen) atoms. The van der Waals surface area contributed by atoms with Crippen LogP contribution in [0, 0.1) is 10.8 Å². The first-order chi connectivity index (χ1) is 19.2. The van der Waals surface area contributed by atoms with E-state index in [0.29, 0.717) is 15.9 Å². The molecule has 0 spiro atoms. The third-order valence-electron chi connectivity index (χ3n) is 11.3. The van der Waals surface area contributed by atoms with Crippen LogP contribution >= 0.6 is 28.2 Å². The highest BCUT2D eigenvalue weighted by Crippen LogP contribution is 3.20. The van der Waals surface area contributed by atoms with Crippen molar-refractivity contribution in [3.8, 4) is 0 Å². The summed E-state index contributed by atoms with van der Waals surface area (Å²) in [6, 6.07) is 3.52. The summed E-state index contributed by atoms with van der Waals surface area (Å²) in [5, 5.41) is 0.643. The van der Waals surface area contributed by atoms with Crippen LogP contribution < -0.4 is 0 Å². The van der Waals surface area contributed by atoms with Gasteiger partial charge >= 0.3 is 0 Å². The Balaban J connectivity index is 1.35. The van der Waals surface area contributed by atoms with Crippen LogP contribution in [-0.2, 0) is 5.02 Å². The second-order valence-corrected chi connectivity index (χ2v) is 34.1. The van der Waals surface area contributed by atoms with Crippen LogP contribution in [0.1, 0.15) is 170 Å². The molecule has 0 saturated heterocycles. The van der Waals surface area contributed by atoms with Gasteiger partial charge in [-0.3, -0.25) is 9.80 Å². The van der Waals surface area contributed by atoms with Gasteiger partial charge in [-0.1, -0.05) is 119 Å². The molecule has 4 saturated carbocycles. The molecule has 0 N–H and O–H groups in total. The van der Waals surface area contributed by atoms with E-state index in [1.165, 1.54) is 128 Å². The molecule has 0 aromatic carbocycles. The van der Waals surface area contributed by atoms with Gasteiger partial charge in [-0.05, 0) is 85.0 Å². The molecule has 0 bridgehead atoms. The van der Waals surface area contributed by atoms with Crippen molar-refractivity contribution in [2.75, 3.05) is 0 Å². The molecule has 4 fully saturated rings. The third kappa shape index (κ3) is 5.86. The normalized spacial score (nSPS) is 30.4. The minimum atomic E-state index is 0.262. The lowest BCUT2D eigenvalue weighted by Gasteiger charge is -2.52. The van der Waals surface area contributed by atoms with Crippen LogP contribution in [0.15, 0.2) is 0 Å². The molecule has 1 aromatic rings. The number of fused-ring (bicyclic) bond motifs is 1. The average molecular weight is 623 g/mol. The van der Waals surface area contributed by atoms with Crippen molar-refractivity contribution in [3.63, 3.8) is 0 Å². The van der Waals surface area contributed by atoms with Gasteiger partial charge in [0.2, 0.25) is 0 Å². The SMILES string of the molecule is CC(C)(C)C(=Pp1p2p1C2(N(C1CCCCC1)C1CCCCC1)C(C)(C)C)N(C1CCCCC1)C1CCCCC1. The van der Waals surface area contributed by atoms with Gasteiger partial charge < -0.3 is 0 Å². The highest BCUT2D eigenvalue weighted by Gasteiger charge is 2.73. The van der Waals surface area contributed by atoms with E-state index in [9.17, 15) is 0 Å². The van der Waals surface area contributed by atoms with E-state index in [-0.39, 0.29) is 20.4 Å². The molecule has 4 aliphatic carbocycles. The van der Waals surface area contributed by atoms with Crippen molar-refractivity contribution in [1.82, 2.24) is 9.80 Å². The molecular formula is C34H62N2P4. The topological polar surface area (TPSA) is 6.48 Å². The fraction of sp³-hybridized carbons (Fsp3) is 0.971. The maximum Gasteiger partial charge on any atom is 0.120 e. The van der Waals surface area contributed by atoms with E-state index in [4.69, 9.17) is 0 Å². The van der Waals surface area contributed by atoms with Crippen molar-refractivity contribution in [2.45, 2.75) is 199 Å². The molecule has 2 nitrogen and oxygen atoms in total. The summed E-state index contributed by atoms with van der Waals surface area (Å²) in [5.74, 6) is 0. The Kier molecular flexibility index (Phi) is 9.62. The number of nitrogens with zero attached hydrogens (tertiary/aromatic N) is 2. The summed E-state index contributed by atoms with van der Waals surface area (Å²) in [5.41, 5.74) is 2.69. The molecule has 6 rings (SSSR count). The van der Waals surface area contributed by atoms with E-state index in [1.807, 2.05) is 13.3 Å². The Morgan fingerprint density at radius 3 is 1.23 bits per heavy atom. The fourth-order valence-corrected chi connectivity index (χ4v) is 50.3. The van der Waals surface area contributed by atoms with Crippen LogP contribution in [0.5, 0.6) is 0 Å². The fourth-order valence-electron chi connectivity index (χ4n) is 9.36. The molecule has 228 valence electrons. The maximum absolute atomic E-state index is 3.37. The predicted molar refractivity (Wildman–Crippen MR) is 185 cm³/mol.